The van der Waals surface area contributed by atoms with E-state index in [1.165, 1.54) is 13.0 Å². The molecule has 0 aromatic heterocycles. The number of nitrogens with zero attached hydrogens (tertiary/aromatic N) is 2. The van der Waals surface area contributed by atoms with E-state index in [1.807, 2.05) is 11.9 Å². The second kappa shape index (κ2) is 9.77. The first-order chi connectivity index (χ1) is 14.3. The summed E-state index contributed by atoms with van der Waals surface area (Å²) in [6.45, 7) is 5.10. The van der Waals surface area contributed by atoms with E-state index in [-0.39, 0.29) is 11.8 Å². The fourth-order valence-corrected chi connectivity index (χ4v) is 3.39. The molecule has 0 bridgehead atoms. The van der Waals surface area contributed by atoms with E-state index in [0.29, 0.717) is 43.0 Å². The number of anilines is 1. The van der Waals surface area contributed by atoms with E-state index < -0.39 is 11.6 Å². The van der Waals surface area contributed by atoms with Gasteiger partial charge in [0.2, 0.25) is 5.91 Å². The van der Waals surface area contributed by atoms with Gasteiger partial charge in [-0.05, 0) is 48.5 Å². The molecule has 0 radical (unpaired) electrons. The molecule has 0 spiro atoms. The molecule has 1 heterocycles. The second-order valence-electron chi connectivity index (χ2n) is 7.55. The van der Waals surface area contributed by atoms with Crippen LogP contribution < -0.4 is 10.6 Å². The van der Waals surface area contributed by atoms with Crippen LogP contribution in [0.4, 0.5) is 14.5 Å². The summed E-state index contributed by atoms with van der Waals surface area (Å²) in [6, 6.07) is 9.03. The molecule has 1 aliphatic rings. The Kier molecular flexibility index (Phi) is 7.12. The van der Waals surface area contributed by atoms with Crippen LogP contribution in [0.5, 0.6) is 0 Å². The van der Waals surface area contributed by atoms with Crippen molar-refractivity contribution in [3.05, 3.63) is 64.7 Å². The predicted molar refractivity (Wildman–Crippen MR) is 111 cm³/mol. The Bertz CT molecular complexity index is 927. The minimum atomic E-state index is -0.887. The smallest absolute Gasteiger partial charge is 0.254 e. The number of carbonyl (C=O) groups excluding carboxylic acids is 2. The van der Waals surface area contributed by atoms with Crippen LogP contribution in [0.2, 0.25) is 0 Å². The normalized spacial score (nSPS) is 14.6. The first-order valence-electron chi connectivity index (χ1n) is 9.86. The van der Waals surface area contributed by atoms with E-state index >= 15 is 0 Å². The molecule has 0 saturated carbocycles. The zero-order valence-corrected chi connectivity index (χ0v) is 17.2. The number of hydrogen-bond donors (Lipinski definition) is 2. The standard InChI is InChI=1S/C22H26F2N4O2/c1-15(29)26-19-10-17(14-25-13-16-3-4-20(23)21(24)11-16)9-18(12-19)22(30)28-7-5-27(2)6-8-28/h3-4,9-12,25H,5-8,13-14H2,1-2H3,(H,26,29). The van der Waals surface area contributed by atoms with Crippen molar-refractivity contribution < 1.29 is 18.4 Å². The van der Waals surface area contributed by atoms with Gasteiger partial charge in [-0.3, -0.25) is 9.59 Å². The van der Waals surface area contributed by atoms with Gasteiger partial charge in [0, 0.05) is 57.4 Å². The Morgan fingerprint density at radius 1 is 0.933 bits per heavy atom. The van der Waals surface area contributed by atoms with Gasteiger partial charge in [-0.15, -0.1) is 0 Å². The molecular weight excluding hydrogens is 390 g/mol. The highest BCUT2D eigenvalue weighted by atomic mass is 19.2. The fraction of sp³-hybridized carbons (Fsp3) is 0.364. The van der Waals surface area contributed by atoms with Crippen molar-refractivity contribution in [1.82, 2.24) is 15.1 Å². The van der Waals surface area contributed by atoms with Crippen LogP contribution >= 0.6 is 0 Å². The summed E-state index contributed by atoms with van der Waals surface area (Å²) in [7, 11) is 2.02. The van der Waals surface area contributed by atoms with E-state index in [0.717, 1.165) is 30.8 Å². The zero-order chi connectivity index (χ0) is 21.7. The van der Waals surface area contributed by atoms with Crippen LogP contribution in [0, 0.1) is 11.6 Å². The van der Waals surface area contributed by atoms with Crippen molar-refractivity contribution in [2.45, 2.75) is 20.0 Å². The van der Waals surface area contributed by atoms with Crippen LogP contribution in [0.1, 0.15) is 28.4 Å². The average molecular weight is 416 g/mol. The Morgan fingerprint density at radius 3 is 2.30 bits per heavy atom. The molecule has 6 nitrogen and oxygen atoms in total. The molecule has 1 saturated heterocycles. The average Bonchev–Trinajstić information content (AvgIpc) is 2.70. The van der Waals surface area contributed by atoms with Crippen molar-refractivity contribution in [1.29, 1.82) is 0 Å². The quantitative estimate of drug-likeness (QED) is 0.760. The second-order valence-corrected chi connectivity index (χ2v) is 7.55. The van der Waals surface area contributed by atoms with Crippen LogP contribution in [0.3, 0.4) is 0 Å². The summed E-state index contributed by atoms with van der Waals surface area (Å²) in [5, 5.41) is 5.90. The summed E-state index contributed by atoms with van der Waals surface area (Å²) in [6.07, 6.45) is 0. The molecule has 8 heteroatoms. The molecule has 2 N–H and O–H groups in total. The maximum absolute atomic E-state index is 13.4. The number of amides is 2. The molecule has 2 aromatic rings. The van der Waals surface area contributed by atoms with Gasteiger partial charge in [0.05, 0.1) is 0 Å². The molecule has 30 heavy (non-hydrogen) atoms. The highest BCUT2D eigenvalue weighted by Gasteiger charge is 2.21. The number of likely N-dealkylation sites (N-methyl/N-ethyl adjacent to an activating group) is 1. The van der Waals surface area contributed by atoms with Crippen molar-refractivity contribution in [2.24, 2.45) is 0 Å². The first kappa shape index (κ1) is 21.9. The van der Waals surface area contributed by atoms with Gasteiger partial charge in [-0.1, -0.05) is 6.07 Å². The lowest BCUT2D eigenvalue weighted by Crippen LogP contribution is -2.47. The first-order valence-corrected chi connectivity index (χ1v) is 9.86. The lowest BCUT2D eigenvalue weighted by molar-refractivity contribution is -0.114. The maximum Gasteiger partial charge on any atom is 0.254 e. The third-order valence-corrected chi connectivity index (χ3v) is 4.99. The Hall–Kier alpha value is -2.84. The number of carbonyl (C=O) groups is 2. The van der Waals surface area contributed by atoms with Crippen LogP contribution in [-0.4, -0.2) is 54.8 Å². The lowest BCUT2D eigenvalue weighted by Gasteiger charge is -2.32. The van der Waals surface area contributed by atoms with Crippen LogP contribution in [0.15, 0.2) is 36.4 Å². The number of nitrogens with one attached hydrogen (secondary N) is 2. The van der Waals surface area contributed by atoms with Crippen molar-refractivity contribution >= 4 is 17.5 Å². The van der Waals surface area contributed by atoms with E-state index in [1.54, 1.807) is 18.2 Å². The monoisotopic (exact) mass is 416 g/mol. The van der Waals surface area contributed by atoms with Gasteiger partial charge in [0.1, 0.15) is 0 Å². The summed E-state index contributed by atoms with van der Waals surface area (Å²) >= 11 is 0. The van der Waals surface area contributed by atoms with Crippen molar-refractivity contribution in [3.8, 4) is 0 Å². The number of benzene rings is 2. The third kappa shape index (κ3) is 5.84. The van der Waals surface area contributed by atoms with E-state index in [4.69, 9.17) is 0 Å². The van der Waals surface area contributed by atoms with Crippen molar-refractivity contribution in [2.75, 3.05) is 38.5 Å². The van der Waals surface area contributed by atoms with Gasteiger partial charge in [-0.25, -0.2) is 8.78 Å². The summed E-state index contributed by atoms with van der Waals surface area (Å²) in [5.41, 5.74) is 2.48. The Morgan fingerprint density at radius 2 is 1.63 bits per heavy atom. The minimum absolute atomic E-state index is 0.0721. The number of piperazine rings is 1. The highest BCUT2D eigenvalue weighted by Crippen LogP contribution is 2.18. The molecule has 2 amide bonds. The van der Waals surface area contributed by atoms with E-state index in [9.17, 15) is 18.4 Å². The number of halogens is 2. The number of rotatable bonds is 6. The van der Waals surface area contributed by atoms with Gasteiger partial charge >= 0.3 is 0 Å². The van der Waals surface area contributed by atoms with Gasteiger partial charge in [0.15, 0.2) is 11.6 Å². The SMILES string of the molecule is CC(=O)Nc1cc(CNCc2ccc(F)c(F)c2)cc(C(=O)N2CCN(C)CC2)c1. The van der Waals surface area contributed by atoms with Crippen LogP contribution in [0.25, 0.3) is 0 Å². The Labute approximate surface area is 174 Å². The topological polar surface area (TPSA) is 64.7 Å². The maximum atomic E-state index is 13.4. The molecule has 160 valence electrons. The van der Waals surface area contributed by atoms with Gasteiger partial charge in [-0.2, -0.15) is 0 Å². The van der Waals surface area contributed by atoms with Gasteiger partial charge < -0.3 is 20.4 Å². The molecule has 0 unspecified atom stereocenters. The fourth-order valence-electron chi connectivity index (χ4n) is 3.39. The summed E-state index contributed by atoms with van der Waals surface area (Å²) in [4.78, 5) is 28.4. The predicted octanol–water partition coefficient (Wildman–Crippen LogP) is 2.60. The molecule has 1 fully saturated rings. The minimum Gasteiger partial charge on any atom is -0.336 e. The third-order valence-electron chi connectivity index (χ3n) is 4.99. The van der Waals surface area contributed by atoms with Crippen LogP contribution in [-0.2, 0) is 17.9 Å². The summed E-state index contributed by atoms with van der Waals surface area (Å²) in [5.74, 6) is -2.06. The molecule has 0 atom stereocenters. The number of hydrogen-bond acceptors (Lipinski definition) is 4. The van der Waals surface area contributed by atoms with E-state index in [2.05, 4.69) is 15.5 Å². The summed E-state index contributed by atoms with van der Waals surface area (Å²) < 4.78 is 26.4. The molecule has 1 aliphatic heterocycles. The molecule has 2 aromatic carbocycles. The molecular formula is C22H26F2N4O2. The highest BCUT2D eigenvalue weighted by molar-refractivity contribution is 5.97. The molecule has 3 rings (SSSR count). The van der Waals surface area contributed by atoms with Crippen molar-refractivity contribution in [3.63, 3.8) is 0 Å². The largest absolute Gasteiger partial charge is 0.336 e. The zero-order valence-electron chi connectivity index (χ0n) is 17.2. The lowest BCUT2D eigenvalue weighted by atomic mass is 10.1. The van der Waals surface area contributed by atoms with Gasteiger partial charge in [0.25, 0.3) is 5.91 Å². The Balaban J connectivity index is 1.72. The molecule has 0 aliphatic carbocycles.